The molecule has 0 saturated heterocycles. The van der Waals surface area contributed by atoms with E-state index < -0.39 is 21.7 Å². The Labute approximate surface area is 136 Å². The van der Waals surface area contributed by atoms with Crippen LogP contribution >= 0.6 is 15.9 Å². The summed E-state index contributed by atoms with van der Waals surface area (Å²) in [4.78, 5) is 12.2. The molecule has 0 saturated carbocycles. The van der Waals surface area contributed by atoms with E-state index in [0.717, 1.165) is 4.47 Å². The molecule has 0 bridgehead atoms. The number of benzene rings is 1. The standard InChI is InChI=1S/C15H20BrNO3S/c1-10(2)20-14(18)13(17-21(19)15(3,4)5)11-7-6-8-12(16)9-11/h6-10H,1-5H3. The first-order valence-corrected chi connectivity index (χ1v) is 8.49. The highest BCUT2D eigenvalue weighted by atomic mass is 79.9. The van der Waals surface area contributed by atoms with E-state index in [1.807, 2.05) is 6.07 Å². The minimum absolute atomic E-state index is 0.0817. The number of ether oxygens (including phenoxy) is 1. The highest BCUT2D eigenvalue weighted by Crippen LogP contribution is 2.17. The third-order valence-electron chi connectivity index (χ3n) is 2.33. The monoisotopic (exact) mass is 373 g/mol. The lowest BCUT2D eigenvalue weighted by Gasteiger charge is -2.15. The maximum absolute atomic E-state index is 12.2. The summed E-state index contributed by atoms with van der Waals surface area (Å²) in [6.07, 6.45) is -0.266. The van der Waals surface area contributed by atoms with Gasteiger partial charge in [-0.25, -0.2) is 9.00 Å². The van der Waals surface area contributed by atoms with E-state index in [9.17, 15) is 9.00 Å². The highest BCUT2D eigenvalue weighted by molar-refractivity contribution is 9.10. The van der Waals surface area contributed by atoms with Crippen LogP contribution in [-0.4, -0.2) is 26.7 Å². The van der Waals surface area contributed by atoms with Gasteiger partial charge in [0.25, 0.3) is 0 Å². The van der Waals surface area contributed by atoms with Gasteiger partial charge in [0.05, 0.1) is 10.9 Å². The Morgan fingerprint density at radius 3 is 2.43 bits per heavy atom. The Hall–Kier alpha value is -1.01. The molecule has 1 rings (SSSR count). The number of nitrogens with zero attached hydrogens (tertiary/aromatic N) is 1. The van der Waals surface area contributed by atoms with Gasteiger partial charge in [-0.15, -0.1) is 0 Å². The summed E-state index contributed by atoms with van der Waals surface area (Å²) in [5.41, 5.74) is 0.658. The molecule has 0 aromatic heterocycles. The van der Waals surface area contributed by atoms with Crippen molar-refractivity contribution in [2.24, 2.45) is 4.40 Å². The summed E-state index contributed by atoms with van der Waals surface area (Å²) >= 11 is 3.35. The first kappa shape index (κ1) is 18.0. The molecule has 0 fully saturated rings. The van der Waals surface area contributed by atoms with Crippen molar-refractivity contribution in [2.45, 2.75) is 45.5 Å². The number of esters is 1. The highest BCUT2D eigenvalue weighted by Gasteiger charge is 2.24. The van der Waals surface area contributed by atoms with Crippen molar-refractivity contribution in [3.05, 3.63) is 34.3 Å². The van der Waals surface area contributed by atoms with Gasteiger partial charge in [0.1, 0.15) is 11.0 Å². The molecule has 1 atom stereocenters. The van der Waals surface area contributed by atoms with Gasteiger partial charge >= 0.3 is 5.97 Å². The third kappa shape index (κ3) is 5.71. The van der Waals surface area contributed by atoms with Crippen LogP contribution in [0, 0.1) is 0 Å². The summed E-state index contributed by atoms with van der Waals surface area (Å²) in [5.74, 6) is -0.569. The summed E-state index contributed by atoms with van der Waals surface area (Å²) in [6, 6.07) is 7.12. The Morgan fingerprint density at radius 1 is 1.33 bits per heavy atom. The van der Waals surface area contributed by atoms with Gasteiger partial charge in [-0.05, 0) is 46.8 Å². The second kappa shape index (κ2) is 7.31. The lowest BCUT2D eigenvalue weighted by Crippen LogP contribution is -2.26. The van der Waals surface area contributed by atoms with Gasteiger partial charge in [0, 0.05) is 10.0 Å². The Bertz CT molecular complexity index is 577. The van der Waals surface area contributed by atoms with Crippen molar-refractivity contribution in [3.8, 4) is 0 Å². The fraction of sp³-hybridized carbons (Fsp3) is 0.467. The molecule has 116 valence electrons. The van der Waals surface area contributed by atoms with Crippen LogP contribution < -0.4 is 0 Å². The number of hydrogen-bond donors (Lipinski definition) is 0. The molecule has 6 heteroatoms. The zero-order valence-electron chi connectivity index (χ0n) is 12.8. The molecule has 0 aliphatic rings. The van der Waals surface area contributed by atoms with Crippen LogP contribution in [-0.2, 0) is 20.5 Å². The molecule has 0 heterocycles. The first-order valence-electron chi connectivity index (χ1n) is 6.59. The maximum atomic E-state index is 12.2. The van der Waals surface area contributed by atoms with Gasteiger partial charge < -0.3 is 4.74 Å². The van der Waals surface area contributed by atoms with Crippen molar-refractivity contribution in [1.82, 2.24) is 0 Å². The number of hydrogen-bond acceptors (Lipinski definition) is 3. The molecule has 0 radical (unpaired) electrons. The Morgan fingerprint density at radius 2 is 1.95 bits per heavy atom. The van der Waals surface area contributed by atoms with E-state index >= 15 is 0 Å². The van der Waals surface area contributed by atoms with Crippen LogP contribution in [0.2, 0.25) is 0 Å². The van der Waals surface area contributed by atoms with Crippen molar-refractivity contribution in [2.75, 3.05) is 0 Å². The fourth-order valence-electron chi connectivity index (χ4n) is 1.33. The predicted octanol–water partition coefficient (Wildman–Crippen LogP) is 3.65. The SMILES string of the molecule is CC(C)OC(=O)C(=NS(=O)C(C)(C)C)c1cccc(Br)c1. The van der Waals surface area contributed by atoms with Crippen molar-refractivity contribution < 1.29 is 13.7 Å². The van der Waals surface area contributed by atoms with Crippen molar-refractivity contribution in [1.29, 1.82) is 0 Å². The molecule has 1 aromatic rings. The van der Waals surface area contributed by atoms with Crippen LogP contribution in [0.3, 0.4) is 0 Å². The summed E-state index contributed by atoms with van der Waals surface area (Å²) in [7, 11) is -1.54. The van der Waals surface area contributed by atoms with Gasteiger partial charge in [0.2, 0.25) is 0 Å². The molecule has 4 nitrogen and oxygen atoms in total. The second-order valence-electron chi connectivity index (χ2n) is 5.77. The van der Waals surface area contributed by atoms with E-state index in [4.69, 9.17) is 4.74 Å². The fourth-order valence-corrected chi connectivity index (χ4v) is 2.35. The Balaban J connectivity index is 3.27. The first-order chi connectivity index (χ1) is 9.61. The largest absolute Gasteiger partial charge is 0.458 e. The quantitative estimate of drug-likeness (QED) is 0.597. The van der Waals surface area contributed by atoms with Crippen molar-refractivity contribution in [3.63, 3.8) is 0 Å². The van der Waals surface area contributed by atoms with Crippen LogP contribution in [0.15, 0.2) is 33.1 Å². The number of rotatable bonds is 4. The average Bonchev–Trinajstić information content (AvgIpc) is 2.33. The normalized spacial score (nSPS) is 14.1. The molecular formula is C15H20BrNO3S. The van der Waals surface area contributed by atoms with Crippen molar-refractivity contribution >= 4 is 38.6 Å². The zero-order valence-corrected chi connectivity index (χ0v) is 15.2. The third-order valence-corrected chi connectivity index (χ3v) is 4.22. The maximum Gasteiger partial charge on any atom is 0.358 e. The van der Waals surface area contributed by atoms with Gasteiger partial charge in [0.15, 0.2) is 5.71 Å². The molecule has 0 aliphatic heterocycles. The second-order valence-corrected chi connectivity index (χ2v) is 8.59. The lowest BCUT2D eigenvalue weighted by molar-refractivity contribution is -0.138. The smallest absolute Gasteiger partial charge is 0.358 e. The summed E-state index contributed by atoms with van der Waals surface area (Å²) < 4.78 is 21.8. The van der Waals surface area contributed by atoms with E-state index in [0.29, 0.717) is 5.56 Å². The predicted molar refractivity (Wildman–Crippen MR) is 89.8 cm³/mol. The van der Waals surface area contributed by atoms with Gasteiger partial charge in [-0.1, -0.05) is 28.1 Å². The average molecular weight is 374 g/mol. The van der Waals surface area contributed by atoms with Crippen LogP contribution in [0.25, 0.3) is 0 Å². The van der Waals surface area contributed by atoms with Crippen LogP contribution in [0.4, 0.5) is 0 Å². The summed E-state index contributed by atoms with van der Waals surface area (Å²) in [6.45, 7) is 8.94. The topological polar surface area (TPSA) is 55.7 Å². The molecular weight excluding hydrogens is 354 g/mol. The Kier molecular flexibility index (Phi) is 6.28. The van der Waals surface area contributed by atoms with E-state index in [1.165, 1.54) is 0 Å². The van der Waals surface area contributed by atoms with E-state index in [1.54, 1.807) is 52.8 Å². The van der Waals surface area contributed by atoms with Gasteiger partial charge in [-0.3, -0.25) is 0 Å². The minimum atomic E-state index is -1.54. The molecule has 0 spiro atoms. The molecule has 0 aliphatic carbocycles. The molecule has 1 aromatic carbocycles. The number of carbonyl (C=O) groups excluding carboxylic acids is 1. The zero-order chi connectivity index (χ0) is 16.2. The lowest BCUT2D eigenvalue weighted by atomic mass is 10.1. The molecule has 0 amide bonds. The molecule has 21 heavy (non-hydrogen) atoms. The summed E-state index contributed by atoms with van der Waals surface area (Å²) in [5, 5.41) is 0. The van der Waals surface area contributed by atoms with E-state index in [-0.39, 0.29) is 11.8 Å². The van der Waals surface area contributed by atoms with Crippen LogP contribution in [0.5, 0.6) is 0 Å². The van der Waals surface area contributed by atoms with Crippen LogP contribution in [0.1, 0.15) is 40.2 Å². The minimum Gasteiger partial charge on any atom is -0.458 e. The van der Waals surface area contributed by atoms with E-state index in [2.05, 4.69) is 20.3 Å². The van der Waals surface area contributed by atoms with Gasteiger partial charge in [-0.2, -0.15) is 4.40 Å². The number of halogens is 1. The molecule has 0 N–H and O–H groups in total. The number of carbonyl (C=O) groups is 1. The molecule has 1 unspecified atom stereocenters.